The number of carbonyl (C=O) groups is 5. The summed E-state index contributed by atoms with van der Waals surface area (Å²) >= 11 is 0. The predicted molar refractivity (Wildman–Crippen MR) is 178 cm³/mol. The van der Waals surface area contributed by atoms with Crippen molar-refractivity contribution in [2.45, 2.75) is 52.7 Å². The van der Waals surface area contributed by atoms with Crippen molar-refractivity contribution in [3.63, 3.8) is 0 Å². The third-order valence-corrected chi connectivity index (χ3v) is 7.47. The number of rotatable bonds is 10. The van der Waals surface area contributed by atoms with Crippen molar-refractivity contribution in [2.24, 2.45) is 5.92 Å². The number of Topliss-reactive ketones (excluding diaryl/α,β-unsaturated/α-hetero) is 1. The van der Waals surface area contributed by atoms with Gasteiger partial charge < -0.3 is 25.0 Å². The topological polar surface area (TPSA) is 134 Å². The molecule has 0 radical (unpaired) electrons. The normalized spacial score (nSPS) is 13.3. The first kappa shape index (κ1) is 34.7. The summed E-state index contributed by atoms with van der Waals surface area (Å²) in [6, 6.07) is 22.6. The van der Waals surface area contributed by atoms with Crippen LogP contribution >= 0.6 is 0 Å². The van der Waals surface area contributed by atoms with E-state index in [2.05, 4.69) is 10.6 Å². The number of para-hydroxylation sites is 1. The molecule has 0 unspecified atom stereocenters. The standard InChI is InChI=1S/C36H42N4O7/c1-25-11-10-14-28(21-25)38-34(44)37-22-31(41)40(23-32(42)47-36(2,3)4)30-16-9-8-15-29(30)33(43)27-17-19-39(20-18-27)35(45)46-24-26-12-6-5-7-13-26/h5-16,21,27H,17-20,22-24H2,1-4H3,(H2,37,38,44). The van der Waals surface area contributed by atoms with Crippen LogP contribution in [0.2, 0.25) is 0 Å². The maximum Gasteiger partial charge on any atom is 0.410 e. The second-order valence-electron chi connectivity index (χ2n) is 12.4. The molecule has 0 aromatic heterocycles. The number of hydrogen-bond donors (Lipinski definition) is 2. The highest BCUT2D eigenvalue weighted by atomic mass is 16.6. The molecule has 4 rings (SSSR count). The van der Waals surface area contributed by atoms with Gasteiger partial charge in [-0.15, -0.1) is 0 Å². The molecule has 1 heterocycles. The van der Waals surface area contributed by atoms with Gasteiger partial charge in [-0.3, -0.25) is 19.3 Å². The first-order valence-electron chi connectivity index (χ1n) is 15.6. The predicted octanol–water partition coefficient (Wildman–Crippen LogP) is 5.72. The van der Waals surface area contributed by atoms with Gasteiger partial charge in [-0.1, -0.05) is 54.6 Å². The fourth-order valence-corrected chi connectivity index (χ4v) is 5.23. The Morgan fingerprint density at radius 3 is 2.26 bits per heavy atom. The first-order chi connectivity index (χ1) is 22.4. The molecule has 2 N–H and O–H groups in total. The highest BCUT2D eigenvalue weighted by molar-refractivity contribution is 6.09. The molecule has 1 aliphatic heterocycles. The van der Waals surface area contributed by atoms with E-state index in [9.17, 15) is 24.0 Å². The number of nitrogens with zero attached hydrogens (tertiary/aromatic N) is 2. The number of nitrogens with one attached hydrogen (secondary N) is 2. The molecule has 248 valence electrons. The van der Waals surface area contributed by atoms with E-state index < -0.39 is 48.6 Å². The SMILES string of the molecule is Cc1cccc(NC(=O)NCC(=O)N(CC(=O)OC(C)(C)C)c2ccccc2C(=O)C2CCN(C(=O)OCc3ccccc3)CC2)c1. The summed E-state index contributed by atoms with van der Waals surface area (Å²) in [5, 5.41) is 5.23. The molecule has 4 amide bonds. The van der Waals surface area contributed by atoms with E-state index in [1.54, 1.807) is 68.1 Å². The van der Waals surface area contributed by atoms with E-state index in [0.717, 1.165) is 11.1 Å². The number of anilines is 2. The number of hydrogen-bond acceptors (Lipinski definition) is 7. The Balaban J connectivity index is 1.44. The molecule has 1 fully saturated rings. The second-order valence-corrected chi connectivity index (χ2v) is 12.4. The molecule has 3 aromatic carbocycles. The molecule has 11 nitrogen and oxygen atoms in total. The molecule has 11 heteroatoms. The zero-order valence-electron chi connectivity index (χ0n) is 27.3. The van der Waals surface area contributed by atoms with Gasteiger partial charge in [-0.2, -0.15) is 0 Å². The average Bonchev–Trinajstić information content (AvgIpc) is 3.04. The minimum atomic E-state index is -0.802. The Labute approximate surface area is 275 Å². The molecule has 47 heavy (non-hydrogen) atoms. The number of ketones is 1. The Morgan fingerprint density at radius 2 is 1.57 bits per heavy atom. The van der Waals surface area contributed by atoms with E-state index >= 15 is 0 Å². The van der Waals surface area contributed by atoms with Crippen molar-refractivity contribution in [1.29, 1.82) is 0 Å². The van der Waals surface area contributed by atoms with E-state index in [1.165, 1.54) is 4.90 Å². The van der Waals surface area contributed by atoms with Crippen LogP contribution in [0.15, 0.2) is 78.9 Å². The molecule has 0 atom stereocenters. The van der Waals surface area contributed by atoms with Crippen molar-refractivity contribution in [2.75, 3.05) is 36.4 Å². The molecule has 1 saturated heterocycles. The lowest BCUT2D eigenvalue weighted by atomic mass is 9.88. The Kier molecular flexibility index (Phi) is 11.7. The monoisotopic (exact) mass is 642 g/mol. The maximum atomic E-state index is 13.9. The second kappa shape index (κ2) is 15.9. The maximum absolute atomic E-state index is 13.9. The van der Waals surface area contributed by atoms with Crippen LogP contribution < -0.4 is 15.5 Å². The van der Waals surface area contributed by atoms with Crippen LogP contribution in [0.25, 0.3) is 0 Å². The Bertz CT molecular complexity index is 1580. The Morgan fingerprint density at radius 1 is 0.894 bits per heavy atom. The minimum absolute atomic E-state index is 0.163. The summed E-state index contributed by atoms with van der Waals surface area (Å²) in [6.45, 7) is 6.99. The van der Waals surface area contributed by atoms with E-state index in [1.807, 2.05) is 43.3 Å². The number of carbonyl (C=O) groups excluding carboxylic acids is 5. The van der Waals surface area contributed by atoms with Crippen LogP contribution in [0.1, 0.15) is 55.1 Å². The van der Waals surface area contributed by atoms with Gasteiger partial charge in [0.15, 0.2) is 5.78 Å². The highest BCUT2D eigenvalue weighted by Gasteiger charge is 2.32. The summed E-state index contributed by atoms with van der Waals surface area (Å²) in [7, 11) is 0. The van der Waals surface area contributed by atoms with Crippen LogP contribution in [0.5, 0.6) is 0 Å². The van der Waals surface area contributed by atoms with E-state index in [4.69, 9.17) is 9.47 Å². The number of aryl methyl sites for hydroxylation is 1. The summed E-state index contributed by atoms with van der Waals surface area (Å²) in [4.78, 5) is 68.4. The minimum Gasteiger partial charge on any atom is -0.459 e. The summed E-state index contributed by atoms with van der Waals surface area (Å²) < 4.78 is 10.9. The number of likely N-dealkylation sites (tertiary alicyclic amines) is 1. The lowest BCUT2D eigenvalue weighted by Gasteiger charge is -2.32. The molecule has 0 bridgehead atoms. The van der Waals surface area contributed by atoms with Gasteiger partial charge in [0.2, 0.25) is 5.91 Å². The van der Waals surface area contributed by atoms with Gasteiger partial charge in [0.25, 0.3) is 0 Å². The van der Waals surface area contributed by atoms with Gasteiger partial charge in [0.1, 0.15) is 18.8 Å². The van der Waals surface area contributed by atoms with E-state index in [0.29, 0.717) is 31.6 Å². The zero-order valence-corrected chi connectivity index (χ0v) is 27.3. The lowest BCUT2D eigenvalue weighted by Crippen LogP contribution is -2.45. The third-order valence-electron chi connectivity index (χ3n) is 7.47. The zero-order chi connectivity index (χ0) is 34.0. The lowest BCUT2D eigenvalue weighted by molar-refractivity contribution is -0.153. The van der Waals surface area contributed by atoms with Gasteiger partial charge in [-0.25, -0.2) is 9.59 Å². The molecule has 3 aromatic rings. The molecule has 0 aliphatic carbocycles. The fourth-order valence-electron chi connectivity index (χ4n) is 5.23. The van der Waals surface area contributed by atoms with Crippen LogP contribution in [0, 0.1) is 12.8 Å². The average molecular weight is 643 g/mol. The van der Waals surface area contributed by atoms with Gasteiger partial charge in [-0.05, 0) is 75.9 Å². The number of amides is 4. The molecule has 1 aliphatic rings. The molecular formula is C36H42N4O7. The van der Waals surface area contributed by atoms with Crippen LogP contribution in [0.3, 0.4) is 0 Å². The summed E-state index contributed by atoms with van der Waals surface area (Å²) in [5.41, 5.74) is 2.10. The smallest absolute Gasteiger partial charge is 0.410 e. The largest absolute Gasteiger partial charge is 0.459 e. The van der Waals surface area contributed by atoms with Crippen LogP contribution in [0.4, 0.5) is 21.0 Å². The van der Waals surface area contributed by atoms with Gasteiger partial charge in [0, 0.05) is 30.3 Å². The quantitative estimate of drug-likeness (QED) is 0.213. The number of ether oxygens (including phenoxy) is 2. The van der Waals surface area contributed by atoms with Gasteiger partial charge >= 0.3 is 18.1 Å². The first-order valence-corrected chi connectivity index (χ1v) is 15.6. The van der Waals surface area contributed by atoms with Crippen molar-refractivity contribution in [1.82, 2.24) is 10.2 Å². The number of benzene rings is 3. The molecular weight excluding hydrogens is 600 g/mol. The van der Waals surface area contributed by atoms with Crippen molar-refractivity contribution in [3.05, 3.63) is 95.6 Å². The van der Waals surface area contributed by atoms with E-state index in [-0.39, 0.29) is 23.6 Å². The van der Waals surface area contributed by atoms with Crippen molar-refractivity contribution >= 4 is 41.2 Å². The summed E-state index contributed by atoms with van der Waals surface area (Å²) in [6.07, 6.45) is 0.385. The van der Waals surface area contributed by atoms with Crippen molar-refractivity contribution < 1.29 is 33.4 Å². The number of esters is 1. The summed E-state index contributed by atoms with van der Waals surface area (Å²) in [5.74, 6) is -1.89. The van der Waals surface area contributed by atoms with Gasteiger partial charge in [0.05, 0.1) is 12.2 Å². The number of piperidine rings is 1. The highest BCUT2D eigenvalue weighted by Crippen LogP contribution is 2.29. The van der Waals surface area contributed by atoms with Crippen molar-refractivity contribution in [3.8, 4) is 0 Å². The van der Waals surface area contributed by atoms with Crippen LogP contribution in [-0.2, 0) is 25.7 Å². The molecule has 0 saturated carbocycles. The third kappa shape index (κ3) is 10.4. The Hall–Kier alpha value is -5.19. The molecule has 0 spiro atoms. The fraction of sp³-hybridized carbons (Fsp3) is 0.361. The number of urea groups is 1. The van der Waals surface area contributed by atoms with Crippen LogP contribution in [-0.4, -0.2) is 66.5 Å².